The van der Waals surface area contributed by atoms with Crippen LogP contribution < -0.4 is 5.32 Å². The summed E-state index contributed by atoms with van der Waals surface area (Å²) >= 11 is 1.46. The predicted molar refractivity (Wildman–Crippen MR) is 54.9 cm³/mol. The third kappa shape index (κ3) is 1.59. The van der Waals surface area contributed by atoms with Crippen LogP contribution in [-0.2, 0) is 4.79 Å². The number of hydrogen-bond acceptors (Lipinski definition) is 3. The molecule has 0 saturated carbocycles. The van der Waals surface area contributed by atoms with Gasteiger partial charge in [0.15, 0.2) is 0 Å². The Kier molecular flexibility index (Phi) is 2.42. The lowest BCUT2D eigenvalue weighted by atomic mass is 10.2. The standard InChI is InChI=1S/C10H8N2OS/c11-6-5-9-10(13)12-7-3-1-2-4-8(7)14-9/h1-4,9H,5H2,(H,12,13). The molecule has 1 aliphatic rings. The lowest BCUT2D eigenvalue weighted by molar-refractivity contribution is -0.115. The number of amides is 1. The van der Waals surface area contributed by atoms with Crippen LogP contribution in [0.3, 0.4) is 0 Å². The zero-order valence-corrected chi connectivity index (χ0v) is 8.17. The van der Waals surface area contributed by atoms with Gasteiger partial charge >= 0.3 is 0 Å². The van der Waals surface area contributed by atoms with E-state index in [0.717, 1.165) is 10.6 Å². The molecule has 70 valence electrons. The molecule has 1 atom stereocenters. The fourth-order valence-electron chi connectivity index (χ4n) is 1.31. The molecule has 2 rings (SSSR count). The molecule has 1 aromatic rings. The first-order chi connectivity index (χ1) is 6.81. The Hall–Kier alpha value is -1.47. The molecule has 0 fully saturated rings. The summed E-state index contributed by atoms with van der Waals surface area (Å²) in [4.78, 5) is 12.5. The topological polar surface area (TPSA) is 52.9 Å². The number of carbonyl (C=O) groups is 1. The summed E-state index contributed by atoms with van der Waals surface area (Å²) in [6.45, 7) is 0. The molecule has 0 aliphatic carbocycles. The van der Waals surface area contributed by atoms with E-state index >= 15 is 0 Å². The zero-order chi connectivity index (χ0) is 9.97. The molecule has 1 aromatic carbocycles. The van der Waals surface area contributed by atoms with Crippen molar-refractivity contribution in [3.63, 3.8) is 0 Å². The molecule has 1 aliphatic heterocycles. The molecule has 14 heavy (non-hydrogen) atoms. The average molecular weight is 204 g/mol. The highest BCUT2D eigenvalue weighted by Crippen LogP contribution is 2.36. The quantitative estimate of drug-likeness (QED) is 0.761. The van der Waals surface area contributed by atoms with Gasteiger partial charge in [0, 0.05) is 4.90 Å². The van der Waals surface area contributed by atoms with E-state index in [9.17, 15) is 4.79 Å². The number of carbonyl (C=O) groups excluding carboxylic acids is 1. The first-order valence-corrected chi connectivity index (χ1v) is 5.13. The monoisotopic (exact) mass is 204 g/mol. The maximum Gasteiger partial charge on any atom is 0.238 e. The molecule has 1 heterocycles. The smallest absolute Gasteiger partial charge is 0.238 e. The van der Waals surface area contributed by atoms with Crippen LogP contribution in [0, 0.1) is 11.3 Å². The van der Waals surface area contributed by atoms with Crippen molar-refractivity contribution < 1.29 is 4.79 Å². The van der Waals surface area contributed by atoms with Gasteiger partial charge in [0.2, 0.25) is 5.91 Å². The van der Waals surface area contributed by atoms with Crippen molar-refractivity contribution in [3.8, 4) is 6.07 Å². The molecule has 3 nitrogen and oxygen atoms in total. The summed E-state index contributed by atoms with van der Waals surface area (Å²) in [6.07, 6.45) is 0.255. The van der Waals surface area contributed by atoms with Crippen molar-refractivity contribution in [3.05, 3.63) is 24.3 Å². The van der Waals surface area contributed by atoms with E-state index in [4.69, 9.17) is 5.26 Å². The van der Waals surface area contributed by atoms with Gasteiger partial charge in [-0.05, 0) is 12.1 Å². The van der Waals surface area contributed by atoms with Gasteiger partial charge in [-0.25, -0.2) is 0 Å². The van der Waals surface area contributed by atoms with Gasteiger partial charge in [-0.3, -0.25) is 4.79 Å². The molecular weight excluding hydrogens is 196 g/mol. The van der Waals surface area contributed by atoms with Crippen molar-refractivity contribution >= 4 is 23.4 Å². The molecule has 0 spiro atoms. The van der Waals surface area contributed by atoms with Gasteiger partial charge in [-0.1, -0.05) is 12.1 Å². The van der Waals surface area contributed by atoms with Crippen LogP contribution in [0.15, 0.2) is 29.2 Å². The van der Waals surface area contributed by atoms with E-state index in [-0.39, 0.29) is 17.6 Å². The van der Waals surface area contributed by atoms with Crippen LogP contribution in [0.25, 0.3) is 0 Å². The van der Waals surface area contributed by atoms with Crippen LogP contribution in [-0.4, -0.2) is 11.2 Å². The Morgan fingerprint density at radius 1 is 1.50 bits per heavy atom. The second-order valence-electron chi connectivity index (χ2n) is 2.95. The normalized spacial score (nSPS) is 19.4. The van der Waals surface area contributed by atoms with Crippen LogP contribution in [0.4, 0.5) is 5.69 Å². The summed E-state index contributed by atoms with van der Waals surface area (Å²) in [5.74, 6) is -0.0738. The van der Waals surface area contributed by atoms with Gasteiger partial charge in [0.05, 0.1) is 18.2 Å². The molecule has 0 bridgehead atoms. The first kappa shape index (κ1) is 9.10. The van der Waals surface area contributed by atoms with E-state index in [0.29, 0.717) is 0 Å². The van der Waals surface area contributed by atoms with Gasteiger partial charge in [-0.2, -0.15) is 5.26 Å². The third-order valence-electron chi connectivity index (χ3n) is 1.98. The largest absolute Gasteiger partial charge is 0.324 e. The van der Waals surface area contributed by atoms with Crippen molar-refractivity contribution in [1.82, 2.24) is 0 Å². The van der Waals surface area contributed by atoms with Gasteiger partial charge in [-0.15, -0.1) is 11.8 Å². The number of nitriles is 1. The van der Waals surface area contributed by atoms with Gasteiger partial charge in [0.1, 0.15) is 5.25 Å². The summed E-state index contributed by atoms with van der Waals surface area (Å²) in [6, 6.07) is 9.63. The number of fused-ring (bicyclic) bond motifs is 1. The minimum atomic E-state index is -0.269. The second kappa shape index (κ2) is 3.72. The Morgan fingerprint density at radius 3 is 3.07 bits per heavy atom. The fourth-order valence-corrected chi connectivity index (χ4v) is 2.34. The number of thioether (sulfide) groups is 1. The van der Waals surface area contributed by atoms with E-state index in [1.165, 1.54) is 11.8 Å². The third-order valence-corrected chi connectivity index (χ3v) is 3.26. The molecule has 1 amide bonds. The molecular formula is C10H8N2OS. The average Bonchev–Trinajstić information content (AvgIpc) is 2.19. The van der Waals surface area contributed by atoms with Crippen molar-refractivity contribution in [2.75, 3.05) is 5.32 Å². The predicted octanol–water partition coefficient (Wildman–Crippen LogP) is 2.01. The Labute approximate surface area is 86.1 Å². The Balaban J connectivity index is 2.28. The van der Waals surface area contributed by atoms with E-state index in [1.807, 2.05) is 30.3 Å². The van der Waals surface area contributed by atoms with Crippen LogP contribution in [0.2, 0.25) is 0 Å². The minimum absolute atomic E-state index is 0.0738. The number of nitrogens with zero attached hydrogens (tertiary/aromatic N) is 1. The highest BCUT2D eigenvalue weighted by Gasteiger charge is 2.25. The number of nitrogens with one attached hydrogen (secondary N) is 1. The highest BCUT2D eigenvalue weighted by atomic mass is 32.2. The summed E-state index contributed by atoms with van der Waals surface area (Å²) in [5.41, 5.74) is 0.844. The van der Waals surface area contributed by atoms with Crippen LogP contribution in [0.5, 0.6) is 0 Å². The van der Waals surface area contributed by atoms with E-state index in [1.54, 1.807) is 0 Å². The van der Waals surface area contributed by atoms with Crippen LogP contribution >= 0.6 is 11.8 Å². The van der Waals surface area contributed by atoms with Crippen molar-refractivity contribution in [1.29, 1.82) is 5.26 Å². The first-order valence-electron chi connectivity index (χ1n) is 4.25. The van der Waals surface area contributed by atoms with Gasteiger partial charge in [0.25, 0.3) is 0 Å². The number of hydrogen-bond donors (Lipinski definition) is 1. The van der Waals surface area contributed by atoms with Gasteiger partial charge < -0.3 is 5.32 Å². The maximum atomic E-state index is 11.5. The number of rotatable bonds is 1. The number of para-hydroxylation sites is 1. The van der Waals surface area contributed by atoms with Crippen molar-refractivity contribution in [2.24, 2.45) is 0 Å². The maximum absolute atomic E-state index is 11.5. The molecule has 0 saturated heterocycles. The summed E-state index contributed by atoms with van der Waals surface area (Å²) in [5, 5.41) is 11.1. The molecule has 1 N–H and O–H groups in total. The number of anilines is 1. The minimum Gasteiger partial charge on any atom is -0.324 e. The summed E-state index contributed by atoms with van der Waals surface area (Å²) < 4.78 is 0. The SMILES string of the molecule is N#CCC1Sc2ccccc2NC1=O. The second-order valence-corrected chi connectivity index (χ2v) is 4.20. The Morgan fingerprint density at radius 2 is 2.29 bits per heavy atom. The Bertz CT molecular complexity index is 411. The van der Waals surface area contributed by atoms with E-state index in [2.05, 4.69) is 5.32 Å². The zero-order valence-electron chi connectivity index (χ0n) is 7.36. The molecule has 4 heteroatoms. The highest BCUT2D eigenvalue weighted by molar-refractivity contribution is 8.01. The lowest BCUT2D eigenvalue weighted by Gasteiger charge is -2.21. The lowest BCUT2D eigenvalue weighted by Crippen LogP contribution is -2.28. The van der Waals surface area contributed by atoms with E-state index < -0.39 is 0 Å². The van der Waals surface area contributed by atoms with Crippen LogP contribution in [0.1, 0.15) is 6.42 Å². The molecule has 1 unspecified atom stereocenters. The fraction of sp³-hybridized carbons (Fsp3) is 0.200. The number of benzene rings is 1. The molecule has 0 radical (unpaired) electrons. The molecule has 0 aromatic heterocycles. The van der Waals surface area contributed by atoms with Crippen molar-refractivity contribution in [2.45, 2.75) is 16.6 Å². The summed E-state index contributed by atoms with van der Waals surface area (Å²) in [7, 11) is 0.